The maximum Gasteiger partial charge on any atom is 0.257 e. The highest BCUT2D eigenvalue weighted by Crippen LogP contribution is 2.41. The van der Waals surface area contributed by atoms with Gasteiger partial charge in [-0.25, -0.2) is 4.98 Å². The smallest absolute Gasteiger partial charge is 0.257 e. The number of fused-ring (bicyclic) bond motifs is 1. The van der Waals surface area contributed by atoms with Crippen molar-refractivity contribution < 1.29 is 4.42 Å². The Morgan fingerprint density at radius 3 is 2.76 bits per heavy atom. The number of thiophene rings is 1. The van der Waals surface area contributed by atoms with Crippen LogP contribution in [0.25, 0.3) is 11.1 Å². The van der Waals surface area contributed by atoms with Gasteiger partial charge in [0.15, 0.2) is 5.58 Å². The Morgan fingerprint density at radius 2 is 2.10 bits per heavy atom. The van der Waals surface area contributed by atoms with Gasteiger partial charge in [0.1, 0.15) is 5.52 Å². The lowest BCUT2D eigenvalue weighted by Crippen LogP contribution is -2.25. The third-order valence-corrected chi connectivity index (χ3v) is 5.87. The van der Waals surface area contributed by atoms with Gasteiger partial charge in [-0.1, -0.05) is 30.8 Å². The quantitative estimate of drug-likeness (QED) is 0.689. The molecule has 0 aliphatic heterocycles. The lowest BCUT2D eigenvalue weighted by molar-refractivity contribution is 0.486. The summed E-state index contributed by atoms with van der Waals surface area (Å²) in [6.45, 7) is 4.23. The highest BCUT2D eigenvalue weighted by molar-refractivity contribution is 7.99. The average Bonchev–Trinajstić information content (AvgIpc) is 3.09. The molecule has 2 heterocycles. The van der Waals surface area contributed by atoms with Crippen molar-refractivity contribution in [3.8, 4) is 0 Å². The average molecular weight is 318 g/mol. The van der Waals surface area contributed by atoms with E-state index in [0.29, 0.717) is 5.22 Å². The van der Waals surface area contributed by atoms with Crippen LogP contribution in [0.2, 0.25) is 0 Å². The van der Waals surface area contributed by atoms with Gasteiger partial charge in [-0.3, -0.25) is 0 Å². The van der Waals surface area contributed by atoms with E-state index in [0.717, 1.165) is 17.5 Å². The largest absolute Gasteiger partial charge is 0.431 e. The second-order valence-electron chi connectivity index (χ2n) is 5.01. The summed E-state index contributed by atoms with van der Waals surface area (Å²) in [5.41, 5.74) is 8.04. The molecule has 21 heavy (non-hydrogen) atoms. The highest BCUT2D eigenvalue weighted by atomic mass is 32.2. The summed E-state index contributed by atoms with van der Waals surface area (Å²) in [4.78, 5) is 7.14. The number of aryl methyl sites for hydroxylation is 1. The van der Waals surface area contributed by atoms with Crippen LogP contribution in [0.5, 0.6) is 0 Å². The number of rotatable bonds is 5. The van der Waals surface area contributed by atoms with Crippen molar-refractivity contribution >= 4 is 34.2 Å². The predicted octanol–water partition coefficient (Wildman–Crippen LogP) is 4.77. The molecule has 0 saturated heterocycles. The normalized spacial score (nSPS) is 14.4. The molecular weight excluding hydrogens is 300 g/mol. The predicted molar refractivity (Wildman–Crippen MR) is 89.9 cm³/mol. The Labute approximate surface area is 132 Å². The third-order valence-electron chi connectivity index (χ3n) is 3.40. The third kappa shape index (κ3) is 3.15. The zero-order valence-electron chi connectivity index (χ0n) is 12.1. The van der Waals surface area contributed by atoms with Crippen molar-refractivity contribution in [2.75, 3.05) is 0 Å². The first-order valence-corrected chi connectivity index (χ1v) is 8.71. The molecule has 0 saturated carbocycles. The molecule has 0 spiro atoms. The summed E-state index contributed by atoms with van der Waals surface area (Å²) in [7, 11) is 0. The highest BCUT2D eigenvalue weighted by Gasteiger charge is 2.24. The summed E-state index contributed by atoms with van der Waals surface area (Å²) in [6.07, 6.45) is 0.925. The standard InChI is InChI=1S/C16H18N2OS2/c1-3-11(17)15(14-9-8-10(2)20-14)21-16-18-12-6-4-5-7-13(12)19-16/h4-9,11,15H,3,17H2,1-2H3. The maximum absolute atomic E-state index is 6.32. The minimum atomic E-state index is 0.0862. The van der Waals surface area contributed by atoms with Crippen LogP contribution in [0.3, 0.4) is 0 Å². The fourth-order valence-electron chi connectivity index (χ4n) is 2.19. The molecule has 2 N–H and O–H groups in total. The number of aromatic nitrogens is 1. The monoisotopic (exact) mass is 318 g/mol. The van der Waals surface area contributed by atoms with Gasteiger partial charge in [0, 0.05) is 15.8 Å². The van der Waals surface area contributed by atoms with Crippen LogP contribution >= 0.6 is 23.1 Å². The van der Waals surface area contributed by atoms with Gasteiger partial charge >= 0.3 is 0 Å². The van der Waals surface area contributed by atoms with E-state index in [2.05, 4.69) is 31.0 Å². The van der Waals surface area contributed by atoms with Crippen LogP contribution in [-0.2, 0) is 0 Å². The fourth-order valence-corrected chi connectivity index (χ4v) is 4.48. The molecule has 0 aliphatic rings. The van der Waals surface area contributed by atoms with Crippen LogP contribution in [0, 0.1) is 6.92 Å². The molecule has 110 valence electrons. The van der Waals surface area contributed by atoms with Crippen molar-refractivity contribution in [3.05, 3.63) is 46.2 Å². The number of benzene rings is 1. The van der Waals surface area contributed by atoms with Crippen molar-refractivity contribution in [3.63, 3.8) is 0 Å². The second-order valence-corrected chi connectivity index (χ2v) is 7.42. The Kier molecular flexibility index (Phi) is 4.33. The summed E-state index contributed by atoms with van der Waals surface area (Å²) < 4.78 is 5.82. The van der Waals surface area contributed by atoms with Crippen LogP contribution in [0.15, 0.2) is 46.0 Å². The first-order valence-electron chi connectivity index (χ1n) is 7.01. The summed E-state index contributed by atoms with van der Waals surface area (Å²) in [5, 5.41) is 0.873. The first-order chi connectivity index (χ1) is 10.2. The zero-order chi connectivity index (χ0) is 14.8. The molecule has 2 unspecified atom stereocenters. The number of oxazole rings is 1. The molecule has 3 aromatic rings. The molecule has 0 radical (unpaired) electrons. The molecule has 0 amide bonds. The van der Waals surface area contributed by atoms with Crippen LogP contribution < -0.4 is 5.73 Å². The maximum atomic E-state index is 6.32. The summed E-state index contributed by atoms with van der Waals surface area (Å²) in [6, 6.07) is 12.2. The molecule has 3 rings (SSSR count). The molecule has 2 aromatic heterocycles. The Morgan fingerprint density at radius 1 is 1.29 bits per heavy atom. The second kappa shape index (κ2) is 6.22. The molecule has 0 bridgehead atoms. The molecule has 3 nitrogen and oxygen atoms in total. The Hall–Kier alpha value is -1.30. The van der Waals surface area contributed by atoms with E-state index in [1.807, 2.05) is 24.3 Å². The van der Waals surface area contributed by atoms with E-state index in [1.165, 1.54) is 9.75 Å². The van der Waals surface area contributed by atoms with E-state index >= 15 is 0 Å². The van der Waals surface area contributed by atoms with Crippen molar-refractivity contribution in [1.82, 2.24) is 4.98 Å². The Bertz CT molecular complexity index is 702. The molecule has 2 atom stereocenters. The van der Waals surface area contributed by atoms with E-state index in [-0.39, 0.29) is 11.3 Å². The topological polar surface area (TPSA) is 52.0 Å². The fraction of sp³-hybridized carbons (Fsp3) is 0.312. The van der Waals surface area contributed by atoms with Gasteiger partial charge in [-0.2, -0.15) is 0 Å². The van der Waals surface area contributed by atoms with E-state index in [9.17, 15) is 0 Å². The molecular formula is C16H18N2OS2. The zero-order valence-corrected chi connectivity index (χ0v) is 13.7. The number of hydrogen-bond acceptors (Lipinski definition) is 5. The minimum Gasteiger partial charge on any atom is -0.431 e. The van der Waals surface area contributed by atoms with Gasteiger partial charge in [0.05, 0.1) is 5.25 Å². The number of nitrogens with zero attached hydrogens (tertiary/aromatic N) is 1. The van der Waals surface area contributed by atoms with Gasteiger partial charge in [-0.05, 0) is 37.6 Å². The lowest BCUT2D eigenvalue weighted by Gasteiger charge is -2.19. The van der Waals surface area contributed by atoms with Crippen molar-refractivity contribution in [2.45, 2.75) is 36.8 Å². The van der Waals surface area contributed by atoms with Gasteiger partial charge < -0.3 is 10.2 Å². The first kappa shape index (κ1) is 14.6. The number of thioether (sulfide) groups is 1. The molecule has 5 heteroatoms. The number of para-hydroxylation sites is 2. The molecule has 0 fully saturated rings. The van der Waals surface area contributed by atoms with E-state index in [1.54, 1.807) is 23.1 Å². The van der Waals surface area contributed by atoms with Crippen LogP contribution in [-0.4, -0.2) is 11.0 Å². The Balaban J connectivity index is 1.90. The van der Waals surface area contributed by atoms with Crippen molar-refractivity contribution in [2.24, 2.45) is 5.73 Å². The molecule has 0 aliphatic carbocycles. The minimum absolute atomic E-state index is 0.0862. The summed E-state index contributed by atoms with van der Waals surface area (Å²) >= 11 is 3.42. The molecule has 1 aromatic carbocycles. The van der Waals surface area contributed by atoms with Crippen LogP contribution in [0.1, 0.15) is 28.3 Å². The van der Waals surface area contributed by atoms with Gasteiger partial charge in [-0.15, -0.1) is 11.3 Å². The summed E-state index contributed by atoms with van der Waals surface area (Å²) in [5.74, 6) is 0. The van der Waals surface area contributed by atoms with Gasteiger partial charge in [0.25, 0.3) is 5.22 Å². The van der Waals surface area contributed by atoms with E-state index < -0.39 is 0 Å². The van der Waals surface area contributed by atoms with Gasteiger partial charge in [0.2, 0.25) is 0 Å². The number of hydrogen-bond donors (Lipinski definition) is 1. The SMILES string of the molecule is CCC(N)C(Sc1nc2ccccc2o1)c1ccc(C)s1. The lowest BCUT2D eigenvalue weighted by atomic mass is 10.1. The van der Waals surface area contributed by atoms with Crippen molar-refractivity contribution in [1.29, 1.82) is 0 Å². The number of nitrogens with two attached hydrogens (primary N) is 1. The van der Waals surface area contributed by atoms with E-state index in [4.69, 9.17) is 10.2 Å². The van der Waals surface area contributed by atoms with Crippen LogP contribution in [0.4, 0.5) is 0 Å².